The summed E-state index contributed by atoms with van der Waals surface area (Å²) in [5.41, 5.74) is 1.92. The third kappa shape index (κ3) is 6.68. The van der Waals surface area contributed by atoms with Crippen molar-refractivity contribution in [2.75, 3.05) is 12.9 Å². The molecule has 14 heteroatoms. The fraction of sp³-hybridized carbons (Fsp3) is 0.147. The van der Waals surface area contributed by atoms with Gasteiger partial charge in [0.1, 0.15) is 0 Å². The van der Waals surface area contributed by atoms with Crippen molar-refractivity contribution < 1.29 is 14.5 Å². The van der Waals surface area contributed by atoms with Crippen LogP contribution in [0.4, 0.5) is 5.69 Å². The third-order valence-corrected chi connectivity index (χ3v) is 10.1. The molecule has 11 nitrogen and oxygen atoms in total. The average molecular weight is 698 g/mol. The average Bonchev–Trinajstić information content (AvgIpc) is 3.38. The highest BCUT2D eigenvalue weighted by atomic mass is 32.2. The number of carbonyl (C=O) groups excluding carboxylic acids is 1. The number of ether oxygens (including phenoxy) is 1. The molecule has 1 N–H and O–H groups in total. The molecule has 48 heavy (non-hydrogen) atoms. The van der Waals surface area contributed by atoms with E-state index in [0.29, 0.717) is 42.9 Å². The number of esters is 1. The van der Waals surface area contributed by atoms with Crippen molar-refractivity contribution >= 4 is 58.3 Å². The number of thiazole rings is 1. The Bertz CT molecular complexity index is 2330. The molecule has 0 unspecified atom stereocenters. The van der Waals surface area contributed by atoms with E-state index < -0.39 is 22.5 Å². The molecule has 0 amide bonds. The monoisotopic (exact) mass is 697 g/mol. The molecule has 1 aliphatic heterocycles. The number of nitro benzene ring substituents is 1. The molecule has 0 aliphatic carbocycles. The summed E-state index contributed by atoms with van der Waals surface area (Å²) in [6.45, 7) is 3.53. The molecule has 3 aromatic carbocycles. The van der Waals surface area contributed by atoms with E-state index in [1.54, 1.807) is 37.8 Å². The van der Waals surface area contributed by atoms with Crippen molar-refractivity contribution in [2.45, 2.75) is 34.8 Å². The van der Waals surface area contributed by atoms with Gasteiger partial charge in [-0.2, -0.15) is 0 Å². The fourth-order valence-corrected chi connectivity index (χ4v) is 7.56. The fourth-order valence-electron chi connectivity index (χ4n) is 5.24. The molecule has 1 aliphatic rings. The summed E-state index contributed by atoms with van der Waals surface area (Å²) < 4.78 is 7.25. The summed E-state index contributed by atoms with van der Waals surface area (Å²) in [6.07, 6.45) is 3.53. The van der Waals surface area contributed by atoms with E-state index in [9.17, 15) is 24.5 Å². The van der Waals surface area contributed by atoms with Crippen molar-refractivity contribution in [3.63, 3.8) is 0 Å². The Morgan fingerprint density at radius 2 is 1.85 bits per heavy atom. The van der Waals surface area contributed by atoms with E-state index in [1.165, 1.54) is 22.8 Å². The summed E-state index contributed by atoms with van der Waals surface area (Å²) >= 11 is 3.79. The van der Waals surface area contributed by atoms with Crippen LogP contribution in [0.3, 0.4) is 0 Å². The van der Waals surface area contributed by atoms with Gasteiger partial charge in [0.15, 0.2) is 9.96 Å². The maximum Gasteiger partial charge on any atom is 0.338 e. The number of aryl methyl sites for hydroxylation is 1. The van der Waals surface area contributed by atoms with Crippen LogP contribution in [0.15, 0.2) is 114 Å². The number of nitrogens with zero attached hydrogens (tertiary/aromatic N) is 4. The first-order chi connectivity index (χ1) is 23.2. The first-order valence-electron chi connectivity index (χ1n) is 14.6. The van der Waals surface area contributed by atoms with Crippen LogP contribution < -0.4 is 20.5 Å². The van der Waals surface area contributed by atoms with E-state index >= 15 is 0 Å². The number of H-pyrrole nitrogens is 1. The van der Waals surface area contributed by atoms with Gasteiger partial charge in [-0.1, -0.05) is 65.6 Å². The van der Waals surface area contributed by atoms with E-state index in [2.05, 4.69) is 9.97 Å². The van der Waals surface area contributed by atoms with Crippen molar-refractivity contribution in [3.05, 3.63) is 147 Å². The number of fused-ring (bicyclic) bond motifs is 1. The Morgan fingerprint density at radius 1 is 1.10 bits per heavy atom. The predicted octanol–water partition coefficient (Wildman–Crippen LogP) is 5.11. The topological polar surface area (TPSA) is 150 Å². The molecule has 242 valence electrons. The second-order valence-corrected chi connectivity index (χ2v) is 13.4. The van der Waals surface area contributed by atoms with Crippen LogP contribution in [0.2, 0.25) is 0 Å². The molecular weight excluding hydrogens is 671 g/mol. The lowest BCUT2D eigenvalue weighted by Gasteiger charge is -2.26. The Labute approximate surface area is 285 Å². The molecule has 0 fully saturated rings. The van der Waals surface area contributed by atoms with Crippen molar-refractivity contribution in [2.24, 2.45) is 4.99 Å². The van der Waals surface area contributed by atoms with Crippen molar-refractivity contribution in [1.29, 1.82) is 0 Å². The number of nitro groups is 1. The van der Waals surface area contributed by atoms with Gasteiger partial charge in [0.2, 0.25) is 0 Å². The smallest absolute Gasteiger partial charge is 0.338 e. The molecule has 0 saturated carbocycles. The lowest BCUT2D eigenvalue weighted by Crippen LogP contribution is -2.40. The molecule has 0 radical (unpaired) electrons. The molecule has 6 rings (SSSR count). The zero-order valence-electron chi connectivity index (χ0n) is 25.8. The van der Waals surface area contributed by atoms with E-state index in [4.69, 9.17) is 9.73 Å². The second-order valence-electron chi connectivity index (χ2n) is 10.5. The molecular formula is C34H27N5O6S3. The van der Waals surface area contributed by atoms with Crippen LogP contribution in [-0.4, -0.2) is 38.3 Å². The highest BCUT2D eigenvalue weighted by molar-refractivity contribution is 7.99. The third-order valence-electron chi connectivity index (χ3n) is 7.35. The lowest BCUT2D eigenvalue weighted by molar-refractivity contribution is -0.384. The number of non-ortho nitro benzene ring substituents is 1. The zero-order chi connectivity index (χ0) is 33.9. The highest BCUT2D eigenvalue weighted by Crippen LogP contribution is 2.36. The van der Waals surface area contributed by atoms with Gasteiger partial charge in [0.25, 0.3) is 16.8 Å². The summed E-state index contributed by atoms with van der Waals surface area (Å²) in [5, 5.41) is 12.1. The molecule has 2 aromatic heterocycles. The van der Waals surface area contributed by atoms with Gasteiger partial charge in [-0.3, -0.25) is 24.3 Å². The molecule has 3 heterocycles. The molecule has 0 bridgehead atoms. The highest BCUT2D eigenvalue weighted by Gasteiger charge is 2.35. The number of aromatic nitrogens is 3. The van der Waals surface area contributed by atoms with E-state index in [0.717, 1.165) is 28.0 Å². The number of hydrogen-bond acceptors (Lipinski definition) is 11. The first kappa shape index (κ1) is 32.9. The minimum absolute atomic E-state index is 0.126. The van der Waals surface area contributed by atoms with Gasteiger partial charge in [0.05, 0.1) is 33.4 Å². The molecule has 0 spiro atoms. The number of hydrogen-bond donors (Lipinski definition) is 1. The van der Waals surface area contributed by atoms with Gasteiger partial charge in [-0.25, -0.2) is 14.8 Å². The van der Waals surface area contributed by atoms with Crippen LogP contribution in [0.25, 0.3) is 11.8 Å². The minimum Gasteiger partial charge on any atom is -0.463 e. The SMILES string of the molecule is CCOC(=O)C1=C(c2ccccc2)N=c2s/c(=C/c3cc([N+](=O)[O-])ccc3Sc3nc(C)cc(=O)[nH]3)c(=O)n2[C@H]1c1ccc(SC)cc1. The van der Waals surface area contributed by atoms with Gasteiger partial charge in [-0.15, -0.1) is 11.8 Å². The number of thioether (sulfide) groups is 1. The number of aromatic amines is 1. The second kappa shape index (κ2) is 14.0. The van der Waals surface area contributed by atoms with E-state index in [1.807, 2.05) is 60.9 Å². The summed E-state index contributed by atoms with van der Waals surface area (Å²) in [5.74, 6) is -0.592. The van der Waals surface area contributed by atoms with Crippen LogP contribution in [0, 0.1) is 17.0 Å². The standard InChI is InChI=1S/C34H27N5O6S3/c1-4-45-32(42)28-29(20-8-6-5-7-9-20)37-34-38(30(28)21-10-13-24(46-3)14-11-21)31(41)26(48-34)18-22-17-23(39(43)44)12-15-25(22)47-33-35-19(2)16-27(40)36-33/h5-18,30H,4H2,1-3H3,(H,35,36,40)/b26-18+/t30-/m0/s1. The van der Waals surface area contributed by atoms with Gasteiger partial charge in [0, 0.05) is 39.2 Å². The Balaban J connectivity index is 1.61. The Kier molecular flexibility index (Phi) is 9.57. The van der Waals surface area contributed by atoms with Crippen LogP contribution in [-0.2, 0) is 9.53 Å². The van der Waals surface area contributed by atoms with Gasteiger partial charge in [-0.05, 0) is 55.5 Å². The summed E-state index contributed by atoms with van der Waals surface area (Å²) in [7, 11) is 0. The maximum atomic E-state index is 14.4. The van der Waals surface area contributed by atoms with Crippen LogP contribution >= 0.6 is 34.9 Å². The molecule has 0 saturated heterocycles. The number of nitrogens with one attached hydrogen (secondary N) is 1. The maximum absolute atomic E-state index is 14.4. The van der Waals surface area contributed by atoms with Crippen LogP contribution in [0.1, 0.15) is 35.3 Å². The minimum atomic E-state index is -0.867. The van der Waals surface area contributed by atoms with E-state index in [-0.39, 0.29) is 28.0 Å². The normalized spacial score (nSPS) is 14.4. The van der Waals surface area contributed by atoms with Crippen molar-refractivity contribution in [3.8, 4) is 0 Å². The number of benzene rings is 3. The Morgan fingerprint density at radius 3 is 2.52 bits per heavy atom. The summed E-state index contributed by atoms with van der Waals surface area (Å²) in [6, 6.07) is 21.6. The quantitative estimate of drug-likeness (QED) is 0.0729. The summed E-state index contributed by atoms with van der Waals surface area (Å²) in [4.78, 5) is 65.2. The van der Waals surface area contributed by atoms with Gasteiger partial charge < -0.3 is 9.72 Å². The molecule has 1 atom stereocenters. The van der Waals surface area contributed by atoms with Crippen LogP contribution in [0.5, 0.6) is 0 Å². The predicted molar refractivity (Wildman–Crippen MR) is 186 cm³/mol. The number of rotatable bonds is 9. The van der Waals surface area contributed by atoms with Gasteiger partial charge >= 0.3 is 5.97 Å². The largest absolute Gasteiger partial charge is 0.463 e. The van der Waals surface area contributed by atoms with Crippen molar-refractivity contribution in [1.82, 2.24) is 14.5 Å². The zero-order valence-corrected chi connectivity index (χ0v) is 28.3. The Hall–Kier alpha value is -5.05. The molecule has 5 aromatic rings. The first-order valence-corrected chi connectivity index (χ1v) is 17.5. The number of carbonyl (C=O) groups is 1. The lowest BCUT2D eigenvalue weighted by atomic mass is 9.93.